The summed E-state index contributed by atoms with van der Waals surface area (Å²) in [5.41, 5.74) is 2.40. The van der Waals surface area contributed by atoms with E-state index < -0.39 is 0 Å². The van der Waals surface area contributed by atoms with Crippen LogP contribution in [0.25, 0.3) is 0 Å². The van der Waals surface area contributed by atoms with E-state index in [0.29, 0.717) is 12.0 Å². The van der Waals surface area contributed by atoms with Crippen molar-refractivity contribution in [3.63, 3.8) is 0 Å². The molecule has 1 aromatic rings. The van der Waals surface area contributed by atoms with Crippen molar-refractivity contribution in [1.82, 2.24) is 4.90 Å². The first-order chi connectivity index (χ1) is 10.7. The fourth-order valence-corrected chi connectivity index (χ4v) is 5.23. The monoisotopic (exact) mass is 297 g/mol. The second-order valence-electron chi connectivity index (χ2n) is 6.96. The summed E-state index contributed by atoms with van der Waals surface area (Å²) < 4.78 is 11.7. The Kier molecular flexibility index (Phi) is 2.27. The fraction of sp³-hybridized carbons (Fsp3) is 0.500. The van der Waals surface area contributed by atoms with Crippen LogP contribution in [0.3, 0.4) is 0 Å². The lowest BCUT2D eigenvalue weighted by atomic mass is 9.53. The molecule has 4 heteroatoms. The maximum absolute atomic E-state index is 12.5. The van der Waals surface area contributed by atoms with Crippen LogP contribution in [0.15, 0.2) is 24.3 Å². The number of hydrogen-bond donors (Lipinski definition) is 0. The molecule has 4 aliphatic rings. The maximum atomic E-state index is 12.5. The van der Waals surface area contributed by atoms with Crippen LogP contribution in [0, 0.1) is 5.92 Å². The first kappa shape index (κ1) is 12.7. The Morgan fingerprint density at radius 1 is 1.41 bits per heavy atom. The van der Waals surface area contributed by atoms with Crippen LogP contribution in [0.4, 0.5) is 0 Å². The van der Waals surface area contributed by atoms with Crippen LogP contribution in [0.5, 0.6) is 11.5 Å². The van der Waals surface area contributed by atoms with Gasteiger partial charge in [-0.2, -0.15) is 0 Å². The zero-order chi connectivity index (χ0) is 15.1. The Morgan fingerprint density at radius 2 is 2.27 bits per heavy atom. The summed E-state index contributed by atoms with van der Waals surface area (Å²) >= 11 is 0. The van der Waals surface area contributed by atoms with Gasteiger partial charge in [0.1, 0.15) is 0 Å². The van der Waals surface area contributed by atoms with Crippen LogP contribution in [0.2, 0.25) is 0 Å². The molecule has 0 amide bonds. The highest BCUT2D eigenvalue weighted by molar-refractivity contribution is 5.98. The number of piperidine rings is 1. The van der Waals surface area contributed by atoms with Crippen molar-refractivity contribution in [2.45, 2.75) is 30.4 Å². The summed E-state index contributed by atoms with van der Waals surface area (Å²) in [5.74, 6) is 2.03. The first-order valence-corrected chi connectivity index (χ1v) is 7.96. The number of nitrogens with zero attached hydrogens (tertiary/aromatic N) is 1. The molecule has 4 nitrogen and oxygen atoms in total. The number of ketones is 1. The molecule has 1 saturated heterocycles. The van der Waals surface area contributed by atoms with E-state index in [2.05, 4.69) is 24.1 Å². The van der Waals surface area contributed by atoms with Gasteiger partial charge in [-0.05, 0) is 44.1 Å². The molecule has 4 atom stereocenters. The van der Waals surface area contributed by atoms with E-state index >= 15 is 0 Å². The van der Waals surface area contributed by atoms with Crippen LogP contribution in [-0.2, 0) is 16.6 Å². The van der Waals surface area contributed by atoms with Gasteiger partial charge in [0.05, 0.1) is 12.5 Å². The van der Waals surface area contributed by atoms with Crippen LogP contribution in [0.1, 0.15) is 17.5 Å². The minimum absolute atomic E-state index is 0.102. The van der Waals surface area contributed by atoms with E-state index in [1.54, 1.807) is 13.2 Å². The molecule has 0 saturated carbocycles. The molecule has 2 bridgehead atoms. The Balaban J connectivity index is 1.84. The first-order valence-electron chi connectivity index (χ1n) is 7.96. The Morgan fingerprint density at radius 3 is 3.09 bits per heavy atom. The van der Waals surface area contributed by atoms with Gasteiger partial charge in [-0.1, -0.05) is 12.1 Å². The lowest BCUT2D eigenvalue weighted by molar-refractivity contribution is -0.127. The normalized spacial score (nSPS) is 37.7. The van der Waals surface area contributed by atoms with Gasteiger partial charge in [0.25, 0.3) is 0 Å². The average Bonchev–Trinajstić information content (AvgIpc) is 2.88. The van der Waals surface area contributed by atoms with Gasteiger partial charge in [0.2, 0.25) is 0 Å². The molecule has 1 spiro atoms. The minimum atomic E-state index is -0.371. The fourth-order valence-electron chi connectivity index (χ4n) is 5.23. The van der Waals surface area contributed by atoms with Gasteiger partial charge in [-0.3, -0.25) is 4.79 Å². The summed E-state index contributed by atoms with van der Waals surface area (Å²) in [6, 6.07) is 4.60. The third kappa shape index (κ3) is 1.23. The lowest BCUT2D eigenvalue weighted by Gasteiger charge is -2.55. The van der Waals surface area contributed by atoms with E-state index in [4.69, 9.17) is 9.47 Å². The quantitative estimate of drug-likeness (QED) is 0.791. The zero-order valence-electron chi connectivity index (χ0n) is 12.8. The zero-order valence-corrected chi connectivity index (χ0v) is 12.8. The number of hydrogen-bond acceptors (Lipinski definition) is 4. The molecule has 22 heavy (non-hydrogen) atoms. The predicted molar refractivity (Wildman–Crippen MR) is 81.5 cm³/mol. The van der Waals surface area contributed by atoms with Crippen molar-refractivity contribution < 1.29 is 14.3 Å². The van der Waals surface area contributed by atoms with Crippen LogP contribution in [-0.4, -0.2) is 43.5 Å². The molecule has 2 heterocycles. The molecule has 2 aliphatic heterocycles. The van der Waals surface area contributed by atoms with Crippen molar-refractivity contribution in [3.05, 3.63) is 35.4 Å². The number of carbonyl (C=O) groups excluding carboxylic acids is 1. The SMILES string of the molecule is COc1ccc2c3c1OC1C(=O)C=CC4[C@@H](C2)N(C)CC[C@]314. The third-order valence-corrected chi connectivity index (χ3v) is 6.21. The standard InChI is InChI=1S/C18H19NO3/c1-19-8-7-18-11-4-5-13(20)17(18)22-16-14(21-2)6-3-10(15(16)18)9-12(11)19/h3-6,11-12,17H,7-9H2,1-2H3/t11?,12-,17?,18+/m1/s1. The molecule has 0 N–H and O–H groups in total. The number of methoxy groups -OCH3 is 1. The van der Waals surface area contributed by atoms with Crippen LogP contribution < -0.4 is 9.47 Å². The molecular weight excluding hydrogens is 278 g/mol. The second kappa shape index (κ2) is 3.93. The van der Waals surface area contributed by atoms with E-state index in [9.17, 15) is 4.79 Å². The topological polar surface area (TPSA) is 38.8 Å². The van der Waals surface area contributed by atoms with Crippen molar-refractivity contribution in [1.29, 1.82) is 0 Å². The number of benzene rings is 1. The molecule has 114 valence electrons. The van der Waals surface area contributed by atoms with E-state index in [1.807, 2.05) is 6.07 Å². The number of likely N-dealkylation sites (tertiary alicyclic amines) is 1. The van der Waals surface area contributed by atoms with Crippen molar-refractivity contribution in [2.75, 3.05) is 20.7 Å². The number of ether oxygens (including phenoxy) is 2. The van der Waals surface area contributed by atoms with Gasteiger partial charge in [-0.15, -0.1) is 0 Å². The predicted octanol–water partition coefficient (Wildman–Crippen LogP) is 1.71. The Bertz CT molecular complexity index is 725. The molecule has 0 aromatic heterocycles. The van der Waals surface area contributed by atoms with E-state index in [1.165, 1.54) is 11.1 Å². The Hall–Kier alpha value is -1.81. The third-order valence-electron chi connectivity index (χ3n) is 6.21. The van der Waals surface area contributed by atoms with E-state index in [0.717, 1.165) is 30.9 Å². The highest BCUT2D eigenvalue weighted by atomic mass is 16.5. The minimum Gasteiger partial charge on any atom is -0.493 e. The van der Waals surface area contributed by atoms with Gasteiger partial charge < -0.3 is 14.4 Å². The van der Waals surface area contributed by atoms with Crippen LogP contribution >= 0.6 is 0 Å². The molecule has 2 unspecified atom stereocenters. The van der Waals surface area contributed by atoms with E-state index in [-0.39, 0.29) is 17.3 Å². The molecule has 1 aromatic carbocycles. The van der Waals surface area contributed by atoms with Gasteiger partial charge in [0.15, 0.2) is 23.4 Å². The largest absolute Gasteiger partial charge is 0.493 e. The summed E-state index contributed by atoms with van der Waals surface area (Å²) in [4.78, 5) is 15.0. The molecule has 1 fully saturated rings. The average molecular weight is 297 g/mol. The van der Waals surface area contributed by atoms with Crippen molar-refractivity contribution >= 4 is 5.78 Å². The highest BCUT2D eigenvalue weighted by Gasteiger charge is 2.64. The van der Waals surface area contributed by atoms with Gasteiger partial charge in [0, 0.05) is 17.5 Å². The Labute approximate surface area is 129 Å². The highest BCUT2D eigenvalue weighted by Crippen LogP contribution is 2.61. The number of likely N-dealkylation sites (N-methyl/N-ethyl adjacent to an activating group) is 1. The lowest BCUT2D eigenvalue weighted by Crippen LogP contribution is -2.64. The maximum Gasteiger partial charge on any atom is 0.196 e. The van der Waals surface area contributed by atoms with Gasteiger partial charge in [-0.25, -0.2) is 0 Å². The molecule has 5 rings (SSSR count). The van der Waals surface area contributed by atoms with Gasteiger partial charge >= 0.3 is 0 Å². The summed E-state index contributed by atoms with van der Waals surface area (Å²) in [5, 5.41) is 0. The molecular formula is C18H19NO3. The van der Waals surface area contributed by atoms with Crippen molar-refractivity contribution in [3.8, 4) is 11.5 Å². The smallest absolute Gasteiger partial charge is 0.196 e. The summed E-state index contributed by atoms with van der Waals surface area (Å²) in [7, 11) is 3.86. The summed E-state index contributed by atoms with van der Waals surface area (Å²) in [6.07, 6.45) is 5.50. The number of rotatable bonds is 1. The second-order valence-corrected chi connectivity index (χ2v) is 6.96. The molecule has 0 radical (unpaired) electrons. The molecule has 2 aliphatic carbocycles. The number of carbonyl (C=O) groups is 1. The van der Waals surface area contributed by atoms with Crippen molar-refractivity contribution in [2.24, 2.45) is 5.92 Å². The summed E-state index contributed by atoms with van der Waals surface area (Å²) in [6.45, 7) is 1.01.